The molecule has 2 saturated heterocycles. The molecule has 3 nitrogen and oxygen atoms in total. The molecule has 0 aromatic heterocycles. The van der Waals surface area contributed by atoms with Crippen molar-refractivity contribution in [2.75, 3.05) is 27.2 Å². The molecule has 0 saturated carbocycles. The number of hydrogen-bond acceptors (Lipinski definition) is 3. The van der Waals surface area contributed by atoms with Crippen molar-refractivity contribution in [2.45, 2.75) is 77.0 Å². The summed E-state index contributed by atoms with van der Waals surface area (Å²) in [5, 5.41) is 3.69. The molecule has 118 valence electrons. The lowest BCUT2D eigenvalue weighted by atomic mass is 9.92. The van der Waals surface area contributed by atoms with Crippen molar-refractivity contribution in [3.63, 3.8) is 0 Å². The van der Waals surface area contributed by atoms with Gasteiger partial charge in [-0.2, -0.15) is 0 Å². The predicted molar refractivity (Wildman–Crippen MR) is 87.1 cm³/mol. The number of fused-ring (bicyclic) bond motifs is 2. The van der Waals surface area contributed by atoms with Crippen molar-refractivity contribution >= 4 is 0 Å². The molecule has 2 rings (SSSR count). The van der Waals surface area contributed by atoms with Crippen LogP contribution in [0.3, 0.4) is 0 Å². The molecule has 1 N–H and O–H groups in total. The number of nitrogens with zero attached hydrogens (tertiary/aromatic N) is 2. The fourth-order valence-electron chi connectivity index (χ4n) is 4.52. The van der Waals surface area contributed by atoms with Crippen LogP contribution in [0.5, 0.6) is 0 Å². The molecule has 0 aromatic rings. The highest BCUT2D eigenvalue weighted by atomic mass is 15.3. The smallest absolute Gasteiger partial charge is 0.0231 e. The molecular weight excluding hydrogens is 246 g/mol. The molecule has 3 unspecified atom stereocenters. The molecule has 0 aliphatic carbocycles. The Kier molecular flexibility index (Phi) is 5.88. The van der Waals surface area contributed by atoms with Gasteiger partial charge in [0.15, 0.2) is 0 Å². The van der Waals surface area contributed by atoms with Crippen molar-refractivity contribution in [2.24, 2.45) is 5.92 Å². The van der Waals surface area contributed by atoms with Crippen molar-refractivity contribution in [1.29, 1.82) is 0 Å². The largest absolute Gasteiger partial charge is 0.314 e. The molecular formula is C17H35N3. The SMILES string of the molecule is CCNC1CC2CCC(C1)N2C(CC(C)C)CN(C)C. The van der Waals surface area contributed by atoms with Crippen LogP contribution in [0.15, 0.2) is 0 Å². The Balaban J connectivity index is 2.02. The molecule has 20 heavy (non-hydrogen) atoms. The summed E-state index contributed by atoms with van der Waals surface area (Å²) in [4.78, 5) is 5.29. The van der Waals surface area contributed by atoms with Gasteiger partial charge in [0.2, 0.25) is 0 Å². The predicted octanol–water partition coefficient (Wildman–Crippen LogP) is 2.57. The Labute approximate surface area is 126 Å². The maximum absolute atomic E-state index is 3.69. The highest BCUT2D eigenvalue weighted by Crippen LogP contribution is 2.38. The van der Waals surface area contributed by atoms with E-state index in [1.807, 2.05) is 0 Å². The van der Waals surface area contributed by atoms with Crippen LogP contribution in [-0.2, 0) is 0 Å². The summed E-state index contributed by atoms with van der Waals surface area (Å²) in [6.07, 6.45) is 6.93. The van der Waals surface area contributed by atoms with Gasteiger partial charge in [0.1, 0.15) is 0 Å². The zero-order valence-corrected chi connectivity index (χ0v) is 14.2. The van der Waals surface area contributed by atoms with Gasteiger partial charge >= 0.3 is 0 Å². The zero-order chi connectivity index (χ0) is 14.7. The van der Waals surface area contributed by atoms with Gasteiger partial charge in [0.25, 0.3) is 0 Å². The Morgan fingerprint density at radius 1 is 1.15 bits per heavy atom. The van der Waals surface area contributed by atoms with E-state index in [4.69, 9.17) is 0 Å². The molecule has 0 spiro atoms. The van der Waals surface area contributed by atoms with Gasteiger partial charge in [-0.05, 0) is 58.7 Å². The first-order valence-electron chi connectivity index (χ1n) is 8.66. The average Bonchev–Trinajstić information content (AvgIpc) is 2.59. The summed E-state index contributed by atoms with van der Waals surface area (Å²) in [5.74, 6) is 0.797. The first-order valence-corrected chi connectivity index (χ1v) is 8.66. The first kappa shape index (κ1) is 16.3. The highest BCUT2D eigenvalue weighted by molar-refractivity contribution is 5.00. The van der Waals surface area contributed by atoms with E-state index < -0.39 is 0 Å². The van der Waals surface area contributed by atoms with E-state index in [1.54, 1.807) is 0 Å². The first-order chi connectivity index (χ1) is 9.51. The average molecular weight is 281 g/mol. The third kappa shape index (κ3) is 3.96. The van der Waals surface area contributed by atoms with Crippen LogP contribution >= 0.6 is 0 Å². The molecule has 3 heteroatoms. The lowest BCUT2D eigenvalue weighted by Crippen LogP contribution is -2.55. The summed E-state index contributed by atoms with van der Waals surface area (Å²) >= 11 is 0. The Bertz CT molecular complexity index is 266. The quantitative estimate of drug-likeness (QED) is 0.774. The fraction of sp³-hybridized carbons (Fsp3) is 1.00. The number of likely N-dealkylation sites (N-methyl/N-ethyl adjacent to an activating group) is 1. The maximum atomic E-state index is 3.69. The normalized spacial score (nSPS) is 32.2. The standard InChI is InChI=1S/C17H35N3/c1-6-18-14-10-15-7-8-16(11-14)20(15)17(9-13(2)3)12-19(4)5/h13-18H,6-12H2,1-5H3. The summed E-state index contributed by atoms with van der Waals surface area (Å²) in [6.45, 7) is 9.32. The molecule has 2 heterocycles. The molecule has 0 amide bonds. The van der Waals surface area contributed by atoms with E-state index >= 15 is 0 Å². The second kappa shape index (κ2) is 7.24. The van der Waals surface area contributed by atoms with Crippen LogP contribution in [0.4, 0.5) is 0 Å². The monoisotopic (exact) mass is 281 g/mol. The van der Waals surface area contributed by atoms with Crippen molar-refractivity contribution in [1.82, 2.24) is 15.1 Å². The molecule has 2 bridgehead atoms. The fourth-order valence-corrected chi connectivity index (χ4v) is 4.52. The Morgan fingerprint density at radius 2 is 1.75 bits per heavy atom. The molecule has 0 aromatic carbocycles. The van der Waals surface area contributed by atoms with E-state index in [0.29, 0.717) is 0 Å². The lowest BCUT2D eigenvalue weighted by Gasteiger charge is -2.45. The number of piperidine rings is 1. The van der Waals surface area contributed by atoms with Crippen LogP contribution in [0, 0.1) is 5.92 Å². The lowest BCUT2D eigenvalue weighted by molar-refractivity contribution is 0.0471. The van der Waals surface area contributed by atoms with Gasteiger partial charge in [-0.1, -0.05) is 20.8 Å². The summed E-state index contributed by atoms with van der Waals surface area (Å²) in [6, 6.07) is 3.20. The zero-order valence-electron chi connectivity index (χ0n) is 14.2. The van der Waals surface area contributed by atoms with E-state index in [2.05, 4.69) is 50.0 Å². The third-order valence-corrected chi connectivity index (χ3v) is 5.02. The van der Waals surface area contributed by atoms with Crippen molar-refractivity contribution < 1.29 is 0 Å². The minimum Gasteiger partial charge on any atom is -0.314 e. The molecule has 2 aliphatic heterocycles. The molecule has 3 atom stereocenters. The van der Waals surface area contributed by atoms with Crippen LogP contribution < -0.4 is 5.32 Å². The molecule has 2 fully saturated rings. The maximum Gasteiger partial charge on any atom is 0.0231 e. The van der Waals surface area contributed by atoms with Gasteiger partial charge in [-0.3, -0.25) is 4.90 Å². The summed E-state index contributed by atoms with van der Waals surface area (Å²) in [7, 11) is 4.45. The number of nitrogens with one attached hydrogen (secondary N) is 1. The second-order valence-electron chi connectivity index (χ2n) is 7.60. The van der Waals surface area contributed by atoms with E-state index in [-0.39, 0.29) is 0 Å². The second-order valence-corrected chi connectivity index (χ2v) is 7.60. The number of rotatable bonds is 7. The van der Waals surface area contributed by atoms with Gasteiger partial charge in [-0.25, -0.2) is 0 Å². The Morgan fingerprint density at radius 3 is 2.20 bits per heavy atom. The van der Waals surface area contributed by atoms with E-state index in [9.17, 15) is 0 Å². The number of hydrogen-bond donors (Lipinski definition) is 1. The molecule has 2 aliphatic rings. The van der Waals surface area contributed by atoms with Crippen LogP contribution in [0.25, 0.3) is 0 Å². The summed E-state index contributed by atoms with van der Waals surface area (Å²) < 4.78 is 0. The third-order valence-electron chi connectivity index (χ3n) is 5.02. The van der Waals surface area contributed by atoms with Crippen LogP contribution in [-0.4, -0.2) is 61.2 Å². The van der Waals surface area contributed by atoms with Gasteiger partial charge < -0.3 is 10.2 Å². The van der Waals surface area contributed by atoms with Gasteiger partial charge in [-0.15, -0.1) is 0 Å². The Hall–Kier alpha value is -0.120. The van der Waals surface area contributed by atoms with Gasteiger partial charge in [0, 0.05) is 30.7 Å². The van der Waals surface area contributed by atoms with Crippen LogP contribution in [0.2, 0.25) is 0 Å². The molecule has 0 radical (unpaired) electrons. The minimum absolute atomic E-state index is 0.755. The van der Waals surface area contributed by atoms with Gasteiger partial charge in [0.05, 0.1) is 0 Å². The highest BCUT2D eigenvalue weighted by Gasteiger charge is 2.43. The summed E-state index contributed by atoms with van der Waals surface area (Å²) in [5.41, 5.74) is 0. The minimum atomic E-state index is 0.755. The van der Waals surface area contributed by atoms with Crippen molar-refractivity contribution in [3.05, 3.63) is 0 Å². The van der Waals surface area contributed by atoms with E-state index in [1.165, 1.54) is 38.6 Å². The van der Waals surface area contributed by atoms with E-state index in [0.717, 1.165) is 36.6 Å². The van der Waals surface area contributed by atoms with Crippen LogP contribution in [0.1, 0.15) is 52.9 Å². The topological polar surface area (TPSA) is 18.5 Å². The van der Waals surface area contributed by atoms with Crippen molar-refractivity contribution in [3.8, 4) is 0 Å².